The Morgan fingerprint density at radius 1 is 1.10 bits per heavy atom. The van der Waals surface area contributed by atoms with Crippen molar-refractivity contribution in [3.05, 3.63) is 12.4 Å². The molecule has 8 heteroatoms. The van der Waals surface area contributed by atoms with E-state index in [1.165, 1.54) is 0 Å². The maximum absolute atomic E-state index is 13.4. The number of hydrogen-bond acceptors (Lipinski definition) is 6. The van der Waals surface area contributed by atoms with Gasteiger partial charge in [0.2, 0.25) is 11.8 Å². The first-order valence-electron chi connectivity index (χ1n) is 10.5. The van der Waals surface area contributed by atoms with E-state index in [1.807, 2.05) is 30.0 Å². The normalized spacial score (nSPS) is 23.1. The van der Waals surface area contributed by atoms with Gasteiger partial charge in [-0.05, 0) is 32.6 Å². The van der Waals surface area contributed by atoms with Crippen LogP contribution in [0, 0.1) is 11.3 Å². The summed E-state index contributed by atoms with van der Waals surface area (Å²) in [6, 6.07) is 1.98. The SMILES string of the molecule is CN(C)C(=O)C1CCN(C(=O)[C@]2(C)CCCN(c3cc(N(C)C)ncn3)C2)CC1. The topological polar surface area (TPSA) is 72.9 Å². The van der Waals surface area contributed by atoms with Crippen molar-refractivity contribution in [1.82, 2.24) is 19.8 Å². The van der Waals surface area contributed by atoms with Gasteiger partial charge in [0.05, 0.1) is 5.41 Å². The van der Waals surface area contributed by atoms with Crippen LogP contribution < -0.4 is 9.80 Å². The van der Waals surface area contributed by atoms with Crippen LogP contribution in [0.1, 0.15) is 32.6 Å². The van der Waals surface area contributed by atoms with Crippen molar-refractivity contribution in [2.45, 2.75) is 32.6 Å². The Hall–Kier alpha value is -2.38. The molecule has 1 atom stereocenters. The summed E-state index contributed by atoms with van der Waals surface area (Å²) < 4.78 is 0. The minimum Gasteiger partial charge on any atom is -0.363 e. The predicted octanol–water partition coefficient (Wildman–Crippen LogP) is 1.48. The van der Waals surface area contributed by atoms with Crippen LogP contribution in [-0.2, 0) is 9.59 Å². The van der Waals surface area contributed by atoms with Crippen LogP contribution in [0.3, 0.4) is 0 Å². The minimum atomic E-state index is -0.431. The second-order valence-corrected chi connectivity index (χ2v) is 9.01. The summed E-state index contributed by atoms with van der Waals surface area (Å²) in [4.78, 5) is 42.1. The molecule has 3 heterocycles. The van der Waals surface area contributed by atoms with Crippen LogP contribution in [0.15, 0.2) is 12.4 Å². The fraction of sp³-hybridized carbons (Fsp3) is 0.714. The van der Waals surface area contributed by atoms with Crippen molar-refractivity contribution in [3.63, 3.8) is 0 Å². The van der Waals surface area contributed by atoms with Gasteiger partial charge in [0.25, 0.3) is 0 Å². The van der Waals surface area contributed by atoms with E-state index in [9.17, 15) is 9.59 Å². The molecule has 0 saturated carbocycles. The van der Waals surface area contributed by atoms with Crippen molar-refractivity contribution in [2.24, 2.45) is 11.3 Å². The Bertz CT molecular complexity index is 744. The second kappa shape index (κ2) is 8.55. The molecule has 0 aliphatic carbocycles. The van der Waals surface area contributed by atoms with Gasteiger partial charge in [-0.2, -0.15) is 0 Å². The number of anilines is 2. The van der Waals surface area contributed by atoms with E-state index in [4.69, 9.17) is 0 Å². The first-order chi connectivity index (χ1) is 13.7. The molecule has 0 unspecified atom stereocenters. The lowest BCUT2D eigenvalue weighted by molar-refractivity contribution is -0.146. The predicted molar refractivity (Wildman–Crippen MR) is 114 cm³/mol. The quantitative estimate of drug-likeness (QED) is 0.760. The van der Waals surface area contributed by atoms with Crippen molar-refractivity contribution < 1.29 is 9.59 Å². The zero-order valence-corrected chi connectivity index (χ0v) is 18.4. The lowest BCUT2D eigenvalue weighted by Crippen LogP contribution is -2.54. The Kier molecular flexibility index (Phi) is 6.29. The molecule has 0 bridgehead atoms. The molecule has 0 N–H and O–H groups in total. The van der Waals surface area contributed by atoms with Crippen molar-refractivity contribution in [1.29, 1.82) is 0 Å². The summed E-state index contributed by atoms with van der Waals surface area (Å²) in [5.41, 5.74) is -0.431. The molecule has 8 nitrogen and oxygen atoms in total. The molecule has 2 amide bonds. The van der Waals surface area contributed by atoms with E-state index < -0.39 is 5.41 Å². The third-order valence-corrected chi connectivity index (χ3v) is 6.21. The fourth-order valence-corrected chi connectivity index (χ4v) is 4.44. The van der Waals surface area contributed by atoms with Crippen LogP contribution in [0.2, 0.25) is 0 Å². The third-order valence-electron chi connectivity index (χ3n) is 6.21. The summed E-state index contributed by atoms with van der Waals surface area (Å²) >= 11 is 0. The van der Waals surface area contributed by atoms with Crippen LogP contribution >= 0.6 is 0 Å². The molecule has 1 aromatic heterocycles. The van der Waals surface area contributed by atoms with Crippen LogP contribution in [0.5, 0.6) is 0 Å². The lowest BCUT2D eigenvalue weighted by Gasteiger charge is -2.44. The molecule has 2 saturated heterocycles. The number of nitrogens with zero attached hydrogens (tertiary/aromatic N) is 6. The van der Waals surface area contributed by atoms with Crippen molar-refractivity contribution >= 4 is 23.5 Å². The number of hydrogen-bond donors (Lipinski definition) is 0. The minimum absolute atomic E-state index is 0.0372. The van der Waals surface area contributed by atoms with Gasteiger partial charge in [-0.3, -0.25) is 9.59 Å². The molecule has 1 aromatic rings. The highest BCUT2D eigenvalue weighted by atomic mass is 16.2. The highest BCUT2D eigenvalue weighted by Crippen LogP contribution is 2.35. The van der Waals surface area contributed by atoms with E-state index in [0.717, 1.165) is 43.9 Å². The number of likely N-dealkylation sites (tertiary alicyclic amines) is 1. The molecule has 2 fully saturated rings. The number of rotatable bonds is 4. The third kappa shape index (κ3) is 4.62. The molecule has 29 heavy (non-hydrogen) atoms. The van der Waals surface area contributed by atoms with Crippen LogP contribution in [0.4, 0.5) is 11.6 Å². The average Bonchev–Trinajstić information content (AvgIpc) is 2.72. The number of piperidine rings is 2. The lowest BCUT2D eigenvalue weighted by atomic mass is 9.79. The summed E-state index contributed by atoms with van der Waals surface area (Å²) in [5, 5.41) is 0. The highest BCUT2D eigenvalue weighted by molar-refractivity contribution is 5.84. The molecular formula is C21H34N6O2. The summed E-state index contributed by atoms with van der Waals surface area (Å²) in [7, 11) is 7.51. The summed E-state index contributed by atoms with van der Waals surface area (Å²) in [5.74, 6) is 2.15. The molecule has 0 aromatic carbocycles. The van der Waals surface area contributed by atoms with Crippen molar-refractivity contribution in [3.8, 4) is 0 Å². The smallest absolute Gasteiger partial charge is 0.230 e. The van der Waals surface area contributed by atoms with Gasteiger partial charge in [0.1, 0.15) is 18.0 Å². The second-order valence-electron chi connectivity index (χ2n) is 9.01. The molecule has 0 radical (unpaired) electrons. The van der Waals surface area contributed by atoms with Gasteiger partial charge in [-0.15, -0.1) is 0 Å². The van der Waals surface area contributed by atoms with E-state index >= 15 is 0 Å². The zero-order valence-electron chi connectivity index (χ0n) is 18.4. The molecule has 3 rings (SSSR count). The van der Waals surface area contributed by atoms with Crippen LogP contribution in [-0.4, -0.2) is 86.0 Å². The van der Waals surface area contributed by atoms with E-state index in [0.29, 0.717) is 19.6 Å². The Labute approximate surface area is 173 Å². The molecular weight excluding hydrogens is 368 g/mol. The summed E-state index contributed by atoms with van der Waals surface area (Å²) in [6.45, 7) is 4.96. The molecule has 0 spiro atoms. The Morgan fingerprint density at radius 2 is 1.79 bits per heavy atom. The maximum Gasteiger partial charge on any atom is 0.230 e. The number of carbonyl (C=O) groups excluding carboxylic acids is 2. The van der Waals surface area contributed by atoms with Gasteiger partial charge >= 0.3 is 0 Å². The number of aromatic nitrogens is 2. The maximum atomic E-state index is 13.4. The van der Waals surface area contributed by atoms with E-state index in [2.05, 4.69) is 21.8 Å². The fourth-order valence-electron chi connectivity index (χ4n) is 4.44. The van der Waals surface area contributed by atoms with E-state index in [1.54, 1.807) is 25.3 Å². The standard InChI is InChI=1S/C21H34N6O2/c1-21(20(29)26-11-7-16(8-12-26)19(28)25(4)5)9-6-10-27(14-21)18-13-17(24(2)3)22-15-23-18/h13,15-16H,6-12,14H2,1-5H3/t21-/m1/s1. The molecule has 2 aliphatic rings. The molecule has 160 valence electrons. The van der Waals surface area contributed by atoms with Crippen molar-refractivity contribution in [2.75, 3.05) is 64.2 Å². The monoisotopic (exact) mass is 402 g/mol. The highest BCUT2D eigenvalue weighted by Gasteiger charge is 2.42. The number of amides is 2. The average molecular weight is 403 g/mol. The first kappa shape index (κ1) is 21.3. The Balaban J connectivity index is 1.66. The first-order valence-corrected chi connectivity index (χ1v) is 10.5. The van der Waals surface area contributed by atoms with Gasteiger partial charge in [-0.25, -0.2) is 9.97 Å². The summed E-state index contributed by atoms with van der Waals surface area (Å²) in [6.07, 6.45) is 4.93. The zero-order chi connectivity index (χ0) is 21.2. The Morgan fingerprint density at radius 3 is 2.41 bits per heavy atom. The van der Waals surface area contributed by atoms with Gasteiger partial charge < -0.3 is 19.6 Å². The number of carbonyl (C=O) groups is 2. The van der Waals surface area contributed by atoms with Crippen LogP contribution in [0.25, 0.3) is 0 Å². The molecule has 2 aliphatic heterocycles. The van der Waals surface area contributed by atoms with Gasteiger partial charge in [-0.1, -0.05) is 0 Å². The van der Waals surface area contributed by atoms with Gasteiger partial charge in [0.15, 0.2) is 0 Å². The van der Waals surface area contributed by atoms with Gasteiger partial charge in [0, 0.05) is 66.4 Å². The largest absolute Gasteiger partial charge is 0.363 e. The van der Waals surface area contributed by atoms with E-state index in [-0.39, 0.29) is 17.7 Å².